The molecule has 1 heterocycles. The van der Waals surface area contributed by atoms with Crippen LogP contribution in [0.1, 0.15) is 11.8 Å². The number of benzene rings is 1. The van der Waals surface area contributed by atoms with Gasteiger partial charge in [0, 0.05) is 11.4 Å². The number of para-hydroxylation sites is 1. The lowest BCUT2D eigenvalue weighted by atomic mass is 10.3. The van der Waals surface area contributed by atoms with Gasteiger partial charge >= 0.3 is 0 Å². The molecule has 1 N–H and O–H groups in total. The van der Waals surface area contributed by atoms with Gasteiger partial charge in [-0.15, -0.1) is 11.3 Å². The van der Waals surface area contributed by atoms with E-state index in [1.54, 1.807) is 36.5 Å². The lowest BCUT2D eigenvalue weighted by molar-refractivity contribution is 0.597. The molecule has 0 fully saturated rings. The van der Waals surface area contributed by atoms with E-state index in [0.717, 1.165) is 0 Å². The van der Waals surface area contributed by atoms with Gasteiger partial charge in [-0.1, -0.05) is 25.1 Å². The van der Waals surface area contributed by atoms with E-state index < -0.39 is 9.84 Å². The molecule has 1 aromatic carbocycles. The Morgan fingerprint density at radius 3 is 2.61 bits per heavy atom. The fraction of sp³-hybridized carbons (Fsp3) is 0.231. The van der Waals surface area contributed by atoms with Crippen LogP contribution in [0.2, 0.25) is 0 Å². The van der Waals surface area contributed by atoms with Crippen LogP contribution in [-0.2, 0) is 16.4 Å². The Balaban J connectivity index is 2.23. The molecule has 5 heteroatoms. The van der Waals surface area contributed by atoms with Crippen molar-refractivity contribution >= 4 is 26.9 Å². The molecule has 0 aliphatic rings. The van der Waals surface area contributed by atoms with E-state index in [4.69, 9.17) is 0 Å². The molecule has 0 unspecified atom stereocenters. The van der Waals surface area contributed by atoms with Crippen molar-refractivity contribution in [1.82, 2.24) is 0 Å². The predicted molar refractivity (Wildman–Crippen MR) is 75.8 cm³/mol. The van der Waals surface area contributed by atoms with Crippen LogP contribution in [-0.4, -0.2) is 14.2 Å². The second-order valence-corrected chi connectivity index (χ2v) is 7.11. The van der Waals surface area contributed by atoms with Crippen LogP contribution in [0.5, 0.6) is 0 Å². The SMILES string of the molecule is CCS(=O)(=O)c1ccccc1NCc1cccs1. The number of sulfone groups is 1. The summed E-state index contributed by atoms with van der Waals surface area (Å²) in [5.41, 5.74) is 0.674. The Hall–Kier alpha value is -1.33. The average molecular weight is 281 g/mol. The van der Waals surface area contributed by atoms with Crippen LogP contribution in [0, 0.1) is 0 Å². The van der Waals surface area contributed by atoms with Crippen LogP contribution < -0.4 is 5.32 Å². The Morgan fingerprint density at radius 2 is 1.94 bits per heavy atom. The van der Waals surface area contributed by atoms with Gasteiger partial charge in [-0.05, 0) is 23.6 Å². The van der Waals surface area contributed by atoms with Crippen molar-refractivity contribution in [2.45, 2.75) is 18.4 Å². The zero-order valence-corrected chi connectivity index (χ0v) is 11.7. The third-order valence-electron chi connectivity index (χ3n) is 2.64. The largest absolute Gasteiger partial charge is 0.379 e. The van der Waals surface area contributed by atoms with Gasteiger partial charge in [0.05, 0.1) is 16.3 Å². The standard InChI is InChI=1S/C13H15NO2S2/c1-2-18(15,16)13-8-4-3-7-12(13)14-10-11-6-5-9-17-11/h3-9,14H,2,10H2,1H3. The number of thiophene rings is 1. The second kappa shape index (κ2) is 5.54. The van der Waals surface area contributed by atoms with Crippen molar-refractivity contribution in [2.24, 2.45) is 0 Å². The minimum absolute atomic E-state index is 0.116. The molecule has 0 aliphatic carbocycles. The highest BCUT2D eigenvalue weighted by molar-refractivity contribution is 7.91. The first kappa shape index (κ1) is 13.1. The van der Waals surface area contributed by atoms with E-state index in [9.17, 15) is 8.42 Å². The summed E-state index contributed by atoms with van der Waals surface area (Å²) in [5, 5.41) is 5.19. The molecule has 0 spiro atoms. The van der Waals surface area contributed by atoms with Gasteiger partial charge in [0.15, 0.2) is 9.84 Å². The summed E-state index contributed by atoms with van der Waals surface area (Å²) in [7, 11) is -3.18. The van der Waals surface area contributed by atoms with Crippen molar-refractivity contribution in [3.05, 3.63) is 46.7 Å². The number of anilines is 1. The van der Waals surface area contributed by atoms with Gasteiger partial charge in [0.25, 0.3) is 0 Å². The first-order valence-corrected chi connectivity index (χ1v) is 8.24. The molecule has 0 saturated heterocycles. The summed E-state index contributed by atoms with van der Waals surface area (Å²) >= 11 is 1.65. The quantitative estimate of drug-likeness (QED) is 0.915. The molecule has 0 bridgehead atoms. The van der Waals surface area contributed by atoms with Gasteiger partial charge in [-0.25, -0.2) is 8.42 Å². The summed E-state index contributed by atoms with van der Waals surface area (Å²) in [6.45, 7) is 2.30. The highest BCUT2D eigenvalue weighted by Crippen LogP contribution is 2.23. The van der Waals surface area contributed by atoms with Crippen LogP contribution in [0.4, 0.5) is 5.69 Å². The molecule has 96 valence electrons. The maximum absolute atomic E-state index is 11.9. The summed E-state index contributed by atoms with van der Waals surface area (Å²) in [5.74, 6) is 0.116. The van der Waals surface area contributed by atoms with Crippen LogP contribution in [0.3, 0.4) is 0 Å². The zero-order valence-electron chi connectivity index (χ0n) is 10.1. The van der Waals surface area contributed by atoms with E-state index in [1.807, 2.05) is 23.6 Å². The lowest BCUT2D eigenvalue weighted by Crippen LogP contribution is -2.08. The maximum atomic E-state index is 11.9. The summed E-state index contributed by atoms with van der Waals surface area (Å²) < 4.78 is 23.9. The predicted octanol–water partition coefficient (Wildman–Crippen LogP) is 3.15. The van der Waals surface area contributed by atoms with Crippen LogP contribution in [0.25, 0.3) is 0 Å². The summed E-state index contributed by atoms with van der Waals surface area (Å²) in [4.78, 5) is 1.56. The second-order valence-electron chi connectivity index (χ2n) is 3.83. The van der Waals surface area contributed by atoms with E-state index in [2.05, 4.69) is 5.32 Å². The Kier molecular flexibility index (Phi) is 4.04. The number of hydrogen-bond donors (Lipinski definition) is 1. The van der Waals surface area contributed by atoms with E-state index in [-0.39, 0.29) is 5.75 Å². The lowest BCUT2D eigenvalue weighted by Gasteiger charge is -2.10. The topological polar surface area (TPSA) is 46.2 Å². The van der Waals surface area contributed by atoms with Gasteiger partial charge in [-0.3, -0.25) is 0 Å². The van der Waals surface area contributed by atoms with Crippen LogP contribution in [0.15, 0.2) is 46.7 Å². The minimum atomic E-state index is -3.18. The van der Waals surface area contributed by atoms with Crippen molar-refractivity contribution < 1.29 is 8.42 Å². The Labute approximate surface area is 111 Å². The van der Waals surface area contributed by atoms with Gasteiger partial charge in [-0.2, -0.15) is 0 Å². The minimum Gasteiger partial charge on any atom is -0.379 e. The van der Waals surface area contributed by atoms with Gasteiger partial charge in [0.2, 0.25) is 0 Å². The van der Waals surface area contributed by atoms with Crippen molar-refractivity contribution in [1.29, 1.82) is 0 Å². The van der Waals surface area contributed by atoms with Gasteiger partial charge in [0.1, 0.15) is 0 Å². The molecule has 2 rings (SSSR count). The Bertz CT molecular complexity index is 604. The monoisotopic (exact) mass is 281 g/mol. The highest BCUT2D eigenvalue weighted by atomic mass is 32.2. The molecule has 0 amide bonds. The normalized spacial score (nSPS) is 11.4. The molecule has 2 aromatic rings. The third-order valence-corrected chi connectivity index (χ3v) is 5.30. The molecule has 0 saturated carbocycles. The number of hydrogen-bond acceptors (Lipinski definition) is 4. The third kappa shape index (κ3) is 2.91. The molecule has 0 aliphatic heterocycles. The number of nitrogens with one attached hydrogen (secondary N) is 1. The van der Waals surface area contributed by atoms with Crippen molar-refractivity contribution in [3.63, 3.8) is 0 Å². The van der Waals surface area contributed by atoms with E-state index in [1.165, 1.54) is 4.88 Å². The van der Waals surface area contributed by atoms with Gasteiger partial charge < -0.3 is 5.32 Å². The first-order valence-electron chi connectivity index (χ1n) is 5.71. The smallest absolute Gasteiger partial charge is 0.180 e. The molecule has 0 atom stereocenters. The average Bonchev–Trinajstić information content (AvgIpc) is 2.90. The summed E-state index contributed by atoms with van der Waals surface area (Å²) in [6.07, 6.45) is 0. The van der Waals surface area contributed by atoms with Crippen molar-refractivity contribution in [2.75, 3.05) is 11.1 Å². The van der Waals surface area contributed by atoms with E-state index >= 15 is 0 Å². The molecule has 1 aromatic heterocycles. The van der Waals surface area contributed by atoms with Crippen LogP contribution >= 0.6 is 11.3 Å². The van der Waals surface area contributed by atoms with E-state index in [0.29, 0.717) is 17.1 Å². The molecular weight excluding hydrogens is 266 g/mol. The maximum Gasteiger partial charge on any atom is 0.180 e. The molecular formula is C13H15NO2S2. The first-order chi connectivity index (χ1) is 8.63. The molecule has 0 radical (unpaired) electrons. The Morgan fingerprint density at radius 1 is 1.17 bits per heavy atom. The zero-order chi connectivity index (χ0) is 13.0. The van der Waals surface area contributed by atoms with Crippen molar-refractivity contribution in [3.8, 4) is 0 Å². The highest BCUT2D eigenvalue weighted by Gasteiger charge is 2.15. The molecule has 3 nitrogen and oxygen atoms in total. The fourth-order valence-electron chi connectivity index (χ4n) is 1.63. The number of rotatable bonds is 5. The fourth-order valence-corrected chi connectivity index (χ4v) is 3.35. The summed E-state index contributed by atoms with van der Waals surface area (Å²) in [6, 6.07) is 11.0. The molecule has 18 heavy (non-hydrogen) atoms.